The van der Waals surface area contributed by atoms with Crippen LogP contribution in [0.25, 0.3) is 105 Å². The Morgan fingerprint density at radius 1 is 0.290 bits per heavy atom. The van der Waals surface area contributed by atoms with E-state index in [1.54, 1.807) is 0 Å². The van der Waals surface area contributed by atoms with Gasteiger partial charge in [0.1, 0.15) is 11.2 Å². The van der Waals surface area contributed by atoms with Gasteiger partial charge in [-0.3, -0.25) is 0 Å². The van der Waals surface area contributed by atoms with Crippen LogP contribution in [0.15, 0.2) is 271 Å². The molecule has 0 atom stereocenters. The monoisotopic (exact) mass is 880 g/mol. The van der Waals surface area contributed by atoms with E-state index in [-0.39, 0.29) is 0 Å². The van der Waals surface area contributed by atoms with Gasteiger partial charge in [-0.05, 0) is 123 Å². The van der Waals surface area contributed by atoms with E-state index in [4.69, 9.17) is 4.42 Å². The summed E-state index contributed by atoms with van der Waals surface area (Å²) < 4.78 is 8.63. The third kappa shape index (κ3) is 7.16. The Morgan fingerprint density at radius 2 is 0.754 bits per heavy atom. The summed E-state index contributed by atoms with van der Waals surface area (Å²) in [6.45, 7) is 0. The van der Waals surface area contributed by atoms with Gasteiger partial charge in [-0.25, -0.2) is 0 Å². The van der Waals surface area contributed by atoms with Crippen molar-refractivity contribution in [3.05, 3.63) is 267 Å². The van der Waals surface area contributed by atoms with E-state index in [9.17, 15) is 0 Å². The zero-order chi connectivity index (χ0) is 45.7. The van der Waals surface area contributed by atoms with E-state index in [1.807, 2.05) is 12.1 Å². The van der Waals surface area contributed by atoms with Crippen molar-refractivity contribution in [1.82, 2.24) is 4.57 Å². The van der Waals surface area contributed by atoms with Gasteiger partial charge in [0.25, 0.3) is 0 Å². The van der Waals surface area contributed by atoms with E-state index in [0.717, 1.165) is 72.5 Å². The van der Waals surface area contributed by atoms with Gasteiger partial charge < -0.3 is 13.9 Å². The lowest BCUT2D eigenvalue weighted by Crippen LogP contribution is -2.11. The number of hydrogen-bond donors (Lipinski definition) is 0. The minimum Gasteiger partial charge on any atom is -0.456 e. The number of benzene rings is 11. The molecule has 0 N–H and O–H groups in total. The van der Waals surface area contributed by atoms with Crippen LogP contribution in [0.3, 0.4) is 0 Å². The van der Waals surface area contributed by atoms with Crippen LogP contribution in [-0.2, 0) is 0 Å². The van der Waals surface area contributed by atoms with Crippen molar-refractivity contribution in [2.45, 2.75) is 0 Å². The van der Waals surface area contributed by atoms with E-state index in [0.29, 0.717) is 0 Å². The maximum atomic E-state index is 6.25. The van der Waals surface area contributed by atoms with Crippen LogP contribution < -0.4 is 4.90 Å². The van der Waals surface area contributed by atoms with Gasteiger partial charge in [0.05, 0.1) is 16.7 Å². The molecule has 0 saturated carbocycles. The van der Waals surface area contributed by atoms with Crippen LogP contribution in [0.5, 0.6) is 0 Å². The summed E-state index contributed by atoms with van der Waals surface area (Å²) in [5, 5.41) is 4.81. The van der Waals surface area contributed by atoms with Crippen molar-refractivity contribution in [3.63, 3.8) is 0 Å². The lowest BCUT2D eigenvalue weighted by Gasteiger charge is -2.28. The fraction of sp³-hybridized carbons (Fsp3) is 0. The van der Waals surface area contributed by atoms with Crippen LogP contribution >= 0.6 is 0 Å². The molecule has 0 aliphatic rings. The van der Waals surface area contributed by atoms with Gasteiger partial charge >= 0.3 is 0 Å². The molecule has 2 heterocycles. The van der Waals surface area contributed by atoms with Crippen molar-refractivity contribution >= 4 is 60.8 Å². The third-order valence-electron chi connectivity index (χ3n) is 13.6. The van der Waals surface area contributed by atoms with E-state index in [1.165, 1.54) is 49.6 Å². The quantitative estimate of drug-likeness (QED) is 0.144. The van der Waals surface area contributed by atoms with Gasteiger partial charge in [0.2, 0.25) is 0 Å². The molecular formula is C66H44N2O. The van der Waals surface area contributed by atoms with E-state index < -0.39 is 0 Å². The number of furan rings is 1. The van der Waals surface area contributed by atoms with Gasteiger partial charge in [-0.15, -0.1) is 0 Å². The van der Waals surface area contributed by atoms with Crippen LogP contribution in [0.4, 0.5) is 17.1 Å². The molecular weight excluding hydrogens is 837 g/mol. The molecule has 0 aliphatic heterocycles. The van der Waals surface area contributed by atoms with Gasteiger partial charge in [0, 0.05) is 44.2 Å². The largest absolute Gasteiger partial charge is 0.456 e. The summed E-state index contributed by atoms with van der Waals surface area (Å²) in [5.74, 6) is 0. The second kappa shape index (κ2) is 16.9. The minimum absolute atomic E-state index is 0.902. The van der Waals surface area contributed by atoms with Gasteiger partial charge in [0.15, 0.2) is 0 Å². The summed E-state index contributed by atoms with van der Waals surface area (Å²) in [7, 11) is 0. The number of para-hydroxylation sites is 4. The van der Waals surface area contributed by atoms with Gasteiger partial charge in [-0.2, -0.15) is 0 Å². The maximum Gasteiger partial charge on any atom is 0.136 e. The normalized spacial score (nSPS) is 11.5. The molecule has 0 aliphatic carbocycles. The van der Waals surface area contributed by atoms with Crippen molar-refractivity contribution < 1.29 is 4.42 Å². The number of rotatable bonds is 9. The number of nitrogens with zero attached hydrogens (tertiary/aromatic N) is 2. The first-order valence-corrected chi connectivity index (χ1v) is 23.6. The molecule has 0 spiro atoms. The summed E-state index contributed by atoms with van der Waals surface area (Å²) in [5.41, 5.74) is 20.3. The molecule has 3 nitrogen and oxygen atoms in total. The standard InChI is InChI=1S/C66H44N2O/c1-2-15-49(16-3-1)56-21-4-8-26-61(56)67(54-41-37-48(38-42-54)50-17-12-19-52(43-50)57-25-14-30-65-66(57)60-24-7-11-29-64(60)69-65)53-39-35-46(36-40-53)45-31-33-47(34-32-45)51-18-13-20-55(44-51)68-62-27-9-5-22-58(62)59-23-6-10-28-63(59)68/h1-44H. The average Bonchev–Trinajstić information content (AvgIpc) is 3.98. The van der Waals surface area contributed by atoms with Crippen molar-refractivity contribution in [2.75, 3.05) is 4.90 Å². The van der Waals surface area contributed by atoms with Crippen LogP contribution in [-0.4, -0.2) is 4.57 Å². The predicted molar refractivity (Wildman–Crippen MR) is 290 cm³/mol. The Hall–Kier alpha value is -9.18. The number of anilines is 3. The highest BCUT2D eigenvalue weighted by molar-refractivity contribution is 6.13. The Bertz CT molecular complexity index is 3940. The molecule has 324 valence electrons. The van der Waals surface area contributed by atoms with E-state index >= 15 is 0 Å². The number of fused-ring (bicyclic) bond motifs is 6. The first kappa shape index (κ1) is 40.1. The second-order valence-electron chi connectivity index (χ2n) is 17.7. The lowest BCUT2D eigenvalue weighted by atomic mass is 9.95. The predicted octanol–water partition coefficient (Wildman–Crippen LogP) is 18.5. The zero-order valence-corrected chi connectivity index (χ0v) is 37.7. The first-order chi connectivity index (χ1) is 34.2. The molecule has 0 radical (unpaired) electrons. The van der Waals surface area contributed by atoms with Gasteiger partial charge in [-0.1, -0.05) is 194 Å². The topological polar surface area (TPSA) is 21.3 Å². The molecule has 0 bridgehead atoms. The lowest BCUT2D eigenvalue weighted by molar-refractivity contribution is 0.669. The average molecular weight is 881 g/mol. The SMILES string of the molecule is c1ccc(-c2ccccc2N(c2ccc(-c3ccc(-c4cccc(-n5c6ccccc6c6ccccc65)c4)cc3)cc2)c2ccc(-c3cccc(-c4cccc5oc6ccccc6c45)c3)cc2)cc1. The molecule has 0 amide bonds. The zero-order valence-electron chi connectivity index (χ0n) is 37.7. The Morgan fingerprint density at radius 3 is 1.43 bits per heavy atom. The molecule has 69 heavy (non-hydrogen) atoms. The first-order valence-electron chi connectivity index (χ1n) is 23.6. The summed E-state index contributed by atoms with van der Waals surface area (Å²) >= 11 is 0. The van der Waals surface area contributed by atoms with Crippen LogP contribution in [0.2, 0.25) is 0 Å². The third-order valence-corrected chi connectivity index (χ3v) is 13.6. The number of hydrogen-bond acceptors (Lipinski definition) is 2. The highest BCUT2D eigenvalue weighted by Gasteiger charge is 2.19. The highest BCUT2D eigenvalue weighted by Crippen LogP contribution is 2.43. The summed E-state index contributed by atoms with van der Waals surface area (Å²) in [6, 6.07) is 96.0. The Labute approximate surface area is 401 Å². The molecule has 3 heteroatoms. The van der Waals surface area contributed by atoms with Crippen molar-refractivity contribution in [3.8, 4) is 61.3 Å². The molecule has 0 fully saturated rings. The highest BCUT2D eigenvalue weighted by atomic mass is 16.3. The van der Waals surface area contributed by atoms with Crippen molar-refractivity contribution in [1.29, 1.82) is 0 Å². The molecule has 0 saturated heterocycles. The summed E-state index contributed by atoms with van der Waals surface area (Å²) in [6.07, 6.45) is 0. The molecule has 0 unspecified atom stereocenters. The van der Waals surface area contributed by atoms with E-state index in [2.05, 4.69) is 264 Å². The smallest absolute Gasteiger partial charge is 0.136 e. The minimum atomic E-state index is 0.902. The van der Waals surface area contributed by atoms with Crippen molar-refractivity contribution in [2.24, 2.45) is 0 Å². The molecule has 2 aromatic heterocycles. The molecule has 11 aromatic carbocycles. The fourth-order valence-corrected chi connectivity index (χ4v) is 10.3. The maximum absolute atomic E-state index is 6.25. The number of aromatic nitrogens is 1. The second-order valence-corrected chi connectivity index (χ2v) is 17.7. The Balaban J connectivity index is 0.827. The van der Waals surface area contributed by atoms with Crippen LogP contribution in [0, 0.1) is 0 Å². The Kier molecular flexibility index (Phi) is 9.84. The van der Waals surface area contributed by atoms with Crippen LogP contribution in [0.1, 0.15) is 0 Å². The molecule has 13 aromatic rings. The summed E-state index contributed by atoms with van der Waals surface area (Å²) in [4.78, 5) is 2.38. The fourth-order valence-electron chi connectivity index (χ4n) is 10.3. The molecule has 13 rings (SSSR count).